The van der Waals surface area contributed by atoms with E-state index in [1.807, 2.05) is 13.1 Å². The number of likely N-dealkylation sites (N-methyl/N-ethyl adjacent to an activating group) is 1. The molecule has 5 N–H and O–H groups in total. The third-order valence-corrected chi connectivity index (χ3v) is 11.7. The Labute approximate surface area is 304 Å². The Morgan fingerprint density at radius 2 is 2.02 bits per heavy atom. The minimum Gasteiger partial charge on any atom is -0.491 e. The molecule has 6 heterocycles. The first-order valence-corrected chi connectivity index (χ1v) is 17.9. The van der Waals surface area contributed by atoms with Gasteiger partial charge in [0.1, 0.15) is 46.7 Å². The molecular formula is C35H32ClF4N9O2S. The molecule has 17 heteroatoms. The molecule has 0 aliphatic carbocycles. The fourth-order valence-corrected chi connectivity index (χ4v) is 9.00. The first kappa shape index (κ1) is 34.4. The summed E-state index contributed by atoms with van der Waals surface area (Å²) in [6.07, 6.45) is 0.221. The van der Waals surface area contributed by atoms with Crippen molar-refractivity contribution >= 4 is 60.6 Å². The fourth-order valence-electron chi connectivity index (χ4n) is 7.71. The van der Waals surface area contributed by atoms with Crippen LogP contribution in [0.5, 0.6) is 11.8 Å². The summed E-state index contributed by atoms with van der Waals surface area (Å²) in [5.74, 6) is -2.24. The smallest absolute Gasteiger partial charge is 0.319 e. The summed E-state index contributed by atoms with van der Waals surface area (Å²) < 4.78 is 76.3. The molecule has 0 radical (unpaired) electrons. The van der Waals surface area contributed by atoms with E-state index in [9.17, 15) is 5.26 Å². The highest BCUT2D eigenvalue weighted by Crippen LogP contribution is 2.52. The molecule has 0 saturated carbocycles. The van der Waals surface area contributed by atoms with Crippen LogP contribution in [0.3, 0.4) is 0 Å². The summed E-state index contributed by atoms with van der Waals surface area (Å²) >= 11 is 7.96. The number of fused-ring (bicyclic) bond motifs is 2. The summed E-state index contributed by atoms with van der Waals surface area (Å²) in [6.45, 7) is 1.72. The molecule has 2 saturated heterocycles. The third kappa shape index (κ3) is 5.49. The van der Waals surface area contributed by atoms with Crippen LogP contribution in [-0.2, 0) is 0 Å². The molecule has 52 heavy (non-hydrogen) atoms. The molecule has 11 nitrogen and oxygen atoms in total. The number of halogens is 5. The number of benzene rings is 2. The highest BCUT2D eigenvalue weighted by atomic mass is 35.5. The Morgan fingerprint density at radius 1 is 1.19 bits per heavy atom. The summed E-state index contributed by atoms with van der Waals surface area (Å²) in [7, 11) is 1.97. The normalized spacial score (nSPS) is 20.9. The van der Waals surface area contributed by atoms with E-state index in [-0.39, 0.29) is 108 Å². The first-order valence-electron chi connectivity index (χ1n) is 16.7. The van der Waals surface area contributed by atoms with Gasteiger partial charge in [0.2, 0.25) is 0 Å². The van der Waals surface area contributed by atoms with Crippen LogP contribution < -0.4 is 31.2 Å². The van der Waals surface area contributed by atoms with E-state index in [2.05, 4.69) is 20.2 Å². The van der Waals surface area contributed by atoms with Gasteiger partial charge in [-0.2, -0.15) is 15.2 Å². The number of nitrogen functional groups attached to an aromatic ring is 2. The second-order valence-corrected chi connectivity index (χ2v) is 14.6. The number of nitriles is 1. The molecule has 2 fully saturated rings. The predicted molar refractivity (Wildman–Crippen MR) is 191 cm³/mol. The second kappa shape index (κ2) is 13.4. The number of hydrogen-bond acceptors (Lipinski definition) is 12. The van der Waals surface area contributed by atoms with Crippen LogP contribution in [0.15, 0.2) is 30.5 Å². The fraction of sp³-hybridized carbons (Fsp3) is 0.371. The van der Waals surface area contributed by atoms with Gasteiger partial charge in [-0.3, -0.25) is 0 Å². The highest BCUT2D eigenvalue weighted by molar-refractivity contribution is 7.23. The maximum atomic E-state index is 17.5. The SMILES string of the molecule is CN1CCC[C@H]1COc1nc2c3c(c(Cl)c(-c4ccc(F)c5sc(N)c(C#N)c45)c(F)c3n1)OCC1CNCC1N2[C@@H](c1cccnc1N)C(F)F. The van der Waals surface area contributed by atoms with Crippen LogP contribution in [0.2, 0.25) is 5.02 Å². The van der Waals surface area contributed by atoms with Crippen molar-refractivity contribution < 1.29 is 27.0 Å². The Balaban J connectivity index is 1.44. The van der Waals surface area contributed by atoms with Crippen molar-refractivity contribution in [2.24, 2.45) is 5.92 Å². The van der Waals surface area contributed by atoms with Crippen molar-refractivity contribution in [3.05, 3.63) is 58.2 Å². The minimum atomic E-state index is -3.00. The van der Waals surface area contributed by atoms with Gasteiger partial charge in [0.05, 0.1) is 33.3 Å². The molecule has 5 aromatic rings. The molecule has 0 bridgehead atoms. The van der Waals surface area contributed by atoms with E-state index in [1.54, 1.807) is 0 Å². The van der Waals surface area contributed by atoms with Gasteiger partial charge in [-0.05, 0) is 44.1 Å². The Bertz CT molecular complexity index is 2270. The largest absolute Gasteiger partial charge is 0.491 e. The molecule has 2 unspecified atom stereocenters. The Morgan fingerprint density at radius 3 is 2.75 bits per heavy atom. The molecule has 270 valence electrons. The zero-order valence-corrected chi connectivity index (χ0v) is 29.2. The van der Waals surface area contributed by atoms with E-state index < -0.39 is 30.1 Å². The Kier molecular flexibility index (Phi) is 8.85. The third-order valence-electron chi connectivity index (χ3n) is 10.3. The molecule has 4 atom stereocenters. The number of thiophene rings is 1. The number of aromatic nitrogens is 3. The van der Waals surface area contributed by atoms with Crippen LogP contribution in [-0.4, -0.2) is 78.3 Å². The number of alkyl halides is 2. The first-order chi connectivity index (χ1) is 25.1. The van der Waals surface area contributed by atoms with Gasteiger partial charge < -0.3 is 36.1 Å². The molecule has 3 aliphatic heterocycles. The van der Waals surface area contributed by atoms with E-state index in [4.69, 9.17) is 37.5 Å². The lowest BCUT2D eigenvalue weighted by Gasteiger charge is -2.41. The summed E-state index contributed by atoms with van der Waals surface area (Å²) in [5.41, 5.74) is 11.9. The average Bonchev–Trinajstić information content (AvgIpc) is 3.84. The van der Waals surface area contributed by atoms with E-state index in [0.717, 1.165) is 36.8 Å². The van der Waals surface area contributed by atoms with Crippen molar-refractivity contribution in [2.45, 2.75) is 37.4 Å². The quantitative estimate of drug-likeness (QED) is 0.165. The second-order valence-electron chi connectivity index (χ2n) is 13.2. The lowest BCUT2D eigenvalue weighted by atomic mass is 9.94. The van der Waals surface area contributed by atoms with Gasteiger partial charge in [0.15, 0.2) is 11.6 Å². The number of hydrogen-bond donors (Lipinski definition) is 3. The molecule has 0 amide bonds. The molecule has 2 aromatic carbocycles. The number of nitrogens with one attached hydrogen (secondary N) is 1. The van der Waals surface area contributed by atoms with Crippen molar-refractivity contribution in [3.8, 4) is 29.0 Å². The number of anilines is 3. The summed E-state index contributed by atoms with van der Waals surface area (Å²) in [5, 5.41) is 13.1. The number of pyridine rings is 1. The maximum Gasteiger partial charge on any atom is 0.319 e. The number of likely N-dealkylation sites (tertiary alicyclic amines) is 1. The van der Waals surface area contributed by atoms with Crippen molar-refractivity contribution in [3.63, 3.8) is 0 Å². The topological polar surface area (TPSA) is 151 Å². The van der Waals surface area contributed by atoms with Gasteiger partial charge in [-0.15, -0.1) is 11.3 Å². The Hall–Kier alpha value is -4.69. The number of nitrogens with zero attached hydrogens (tertiary/aromatic N) is 6. The zero-order valence-electron chi connectivity index (χ0n) is 27.7. The van der Waals surface area contributed by atoms with Crippen molar-refractivity contribution in [1.29, 1.82) is 5.26 Å². The van der Waals surface area contributed by atoms with Gasteiger partial charge in [0.25, 0.3) is 6.43 Å². The van der Waals surface area contributed by atoms with Crippen LogP contribution in [0.1, 0.15) is 30.0 Å². The summed E-state index contributed by atoms with van der Waals surface area (Å²) in [4.78, 5) is 16.9. The lowest BCUT2D eigenvalue weighted by Crippen LogP contribution is -2.48. The van der Waals surface area contributed by atoms with Gasteiger partial charge >= 0.3 is 6.01 Å². The van der Waals surface area contributed by atoms with E-state index >= 15 is 17.6 Å². The highest BCUT2D eigenvalue weighted by Gasteiger charge is 2.45. The standard InChI is InChI=1S/C35H32ClF4N9O2S/c1-48-9-3-4-16(48)14-51-35-46-27-24-29(25(36)23(26(27)38)17-6-7-20(37)30-22(17)19(10-41)33(43)52-30)50-13-15-11-44-12-21(15)49(34(24)47-35)28(31(39)40)18-5-2-8-45-32(18)42/h2,5-8,15-16,21,28,31,44H,3-4,9,11-14,43H2,1H3,(H2,42,45)/t15?,16-,21?,28-/m0/s1. The van der Waals surface area contributed by atoms with Crippen LogP contribution >= 0.6 is 22.9 Å². The number of rotatable bonds is 7. The minimum absolute atomic E-state index is 0.00587. The summed E-state index contributed by atoms with van der Waals surface area (Å²) in [6, 6.07) is 4.93. The van der Waals surface area contributed by atoms with Gasteiger partial charge in [-0.1, -0.05) is 23.7 Å². The molecule has 8 rings (SSSR count). The molecule has 3 aliphatic rings. The number of nitrogens with two attached hydrogens (primary N) is 2. The maximum absolute atomic E-state index is 17.5. The van der Waals surface area contributed by atoms with Crippen LogP contribution in [0.25, 0.3) is 32.1 Å². The molecule has 3 aromatic heterocycles. The van der Waals surface area contributed by atoms with Crippen LogP contribution in [0, 0.1) is 28.9 Å². The van der Waals surface area contributed by atoms with Crippen molar-refractivity contribution in [2.75, 3.05) is 56.3 Å². The van der Waals surface area contributed by atoms with E-state index in [1.165, 1.54) is 29.3 Å². The monoisotopic (exact) mass is 753 g/mol. The average molecular weight is 754 g/mol. The predicted octanol–water partition coefficient (Wildman–Crippen LogP) is 6.14. The van der Waals surface area contributed by atoms with Gasteiger partial charge in [0, 0.05) is 47.8 Å². The zero-order chi connectivity index (χ0) is 36.4. The van der Waals surface area contributed by atoms with Crippen LogP contribution in [0.4, 0.5) is 34.2 Å². The number of ether oxygens (including phenoxy) is 2. The van der Waals surface area contributed by atoms with Gasteiger partial charge in [-0.25, -0.2) is 22.5 Å². The van der Waals surface area contributed by atoms with Crippen molar-refractivity contribution in [1.82, 2.24) is 25.2 Å². The van der Waals surface area contributed by atoms with E-state index in [0.29, 0.717) is 6.54 Å². The lowest BCUT2D eigenvalue weighted by molar-refractivity contribution is 0.103. The molecule has 0 spiro atoms. The molecular weight excluding hydrogens is 722 g/mol.